The highest BCUT2D eigenvalue weighted by molar-refractivity contribution is 5.92. The number of fused-ring (bicyclic) bond motifs is 1. The number of carbonyl (C=O) groups is 1. The molecular formula is C20H26N4O3. The molecule has 7 heteroatoms. The Labute approximate surface area is 159 Å². The second kappa shape index (κ2) is 8.24. The van der Waals surface area contributed by atoms with E-state index in [0.29, 0.717) is 36.2 Å². The lowest BCUT2D eigenvalue weighted by atomic mass is 9.98. The van der Waals surface area contributed by atoms with Gasteiger partial charge < -0.3 is 19.7 Å². The first-order valence-electron chi connectivity index (χ1n) is 9.18. The Kier molecular flexibility index (Phi) is 5.78. The van der Waals surface area contributed by atoms with Crippen molar-refractivity contribution in [2.45, 2.75) is 33.2 Å². The minimum absolute atomic E-state index is 0.0829. The molecule has 144 valence electrons. The van der Waals surface area contributed by atoms with Gasteiger partial charge in [-0.1, -0.05) is 6.92 Å². The Hall–Kier alpha value is -2.83. The molecule has 0 spiro atoms. The highest BCUT2D eigenvalue weighted by atomic mass is 16.5. The van der Waals surface area contributed by atoms with Crippen molar-refractivity contribution in [3.8, 4) is 11.5 Å². The van der Waals surface area contributed by atoms with Crippen molar-refractivity contribution in [3.05, 3.63) is 40.7 Å². The van der Waals surface area contributed by atoms with Crippen LogP contribution in [0.3, 0.4) is 0 Å². The molecule has 2 aromatic rings. The van der Waals surface area contributed by atoms with E-state index in [1.165, 1.54) is 5.56 Å². The molecule has 27 heavy (non-hydrogen) atoms. The maximum atomic E-state index is 13.0. The molecule has 1 N–H and O–H groups in total. The molecule has 1 aliphatic heterocycles. The Morgan fingerprint density at radius 3 is 2.52 bits per heavy atom. The Morgan fingerprint density at radius 2 is 1.85 bits per heavy atom. The van der Waals surface area contributed by atoms with Crippen LogP contribution in [0.15, 0.2) is 18.2 Å². The van der Waals surface area contributed by atoms with Gasteiger partial charge in [0.15, 0.2) is 11.5 Å². The van der Waals surface area contributed by atoms with Gasteiger partial charge in [0.05, 0.1) is 14.2 Å². The molecule has 0 bridgehead atoms. The van der Waals surface area contributed by atoms with Gasteiger partial charge in [-0.2, -0.15) is 0 Å². The van der Waals surface area contributed by atoms with E-state index in [-0.39, 0.29) is 5.91 Å². The number of benzene rings is 1. The molecule has 7 nitrogen and oxygen atoms in total. The van der Waals surface area contributed by atoms with Crippen molar-refractivity contribution in [1.82, 2.24) is 14.9 Å². The van der Waals surface area contributed by atoms with E-state index >= 15 is 0 Å². The number of methoxy groups -OCH3 is 2. The van der Waals surface area contributed by atoms with Crippen molar-refractivity contribution >= 4 is 11.9 Å². The smallest absolute Gasteiger partial charge is 0.272 e. The fourth-order valence-corrected chi connectivity index (χ4v) is 3.21. The maximum absolute atomic E-state index is 13.0. The minimum Gasteiger partial charge on any atom is -0.493 e. The van der Waals surface area contributed by atoms with Crippen LogP contribution in [0.4, 0.5) is 5.95 Å². The minimum atomic E-state index is -0.0829. The predicted molar refractivity (Wildman–Crippen MR) is 104 cm³/mol. The average molecular weight is 370 g/mol. The summed E-state index contributed by atoms with van der Waals surface area (Å²) in [6, 6.07) is 5.69. The van der Waals surface area contributed by atoms with Crippen molar-refractivity contribution in [3.63, 3.8) is 0 Å². The zero-order valence-electron chi connectivity index (χ0n) is 16.3. The van der Waals surface area contributed by atoms with Gasteiger partial charge in [-0.15, -0.1) is 0 Å². The van der Waals surface area contributed by atoms with Crippen molar-refractivity contribution in [2.24, 2.45) is 0 Å². The zero-order valence-corrected chi connectivity index (χ0v) is 16.3. The van der Waals surface area contributed by atoms with Crippen LogP contribution in [0, 0.1) is 6.92 Å². The van der Waals surface area contributed by atoms with E-state index in [1.54, 1.807) is 20.3 Å². The quantitative estimate of drug-likeness (QED) is 0.843. The fraction of sp³-hybridized carbons (Fsp3) is 0.450. The third-order valence-electron chi connectivity index (χ3n) is 4.61. The van der Waals surface area contributed by atoms with Gasteiger partial charge in [0.2, 0.25) is 5.95 Å². The first-order valence-corrected chi connectivity index (χ1v) is 9.18. The molecule has 1 aromatic carbocycles. The van der Waals surface area contributed by atoms with Gasteiger partial charge in [-0.3, -0.25) is 4.79 Å². The predicted octanol–water partition coefficient (Wildman–Crippen LogP) is 2.82. The van der Waals surface area contributed by atoms with E-state index in [1.807, 2.05) is 24.0 Å². The molecule has 0 saturated carbocycles. The largest absolute Gasteiger partial charge is 0.493 e. The molecule has 0 aliphatic carbocycles. The number of amides is 1. The monoisotopic (exact) mass is 370 g/mol. The number of anilines is 1. The van der Waals surface area contributed by atoms with Gasteiger partial charge in [-0.05, 0) is 49.1 Å². The van der Waals surface area contributed by atoms with Crippen LogP contribution in [0.2, 0.25) is 0 Å². The summed E-state index contributed by atoms with van der Waals surface area (Å²) >= 11 is 0. The summed E-state index contributed by atoms with van der Waals surface area (Å²) in [5, 5.41) is 3.15. The normalized spacial score (nSPS) is 13.1. The summed E-state index contributed by atoms with van der Waals surface area (Å²) in [7, 11) is 3.25. The third-order valence-corrected chi connectivity index (χ3v) is 4.61. The standard InChI is InChI=1S/C20H26N4O3/c1-5-7-21-20-22-13(2)9-16(23-20)19(25)24-8-6-14-10-17(26-3)18(27-4)11-15(14)12-24/h9-11H,5-8,12H2,1-4H3,(H,21,22,23). The van der Waals surface area contributed by atoms with Crippen molar-refractivity contribution in [2.75, 3.05) is 32.6 Å². The Bertz CT molecular complexity index is 838. The average Bonchev–Trinajstić information content (AvgIpc) is 2.69. The van der Waals surface area contributed by atoms with Gasteiger partial charge in [0, 0.05) is 25.3 Å². The summed E-state index contributed by atoms with van der Waals surface area (Å²) in [5.41, 5.74) is 3.45. The fourth-order valence-electron chi connectivity index (χ4n) is 3.21. The van der Waals surface area contributed by atoms with Crippen molar-refractivity contribution in [1.29, 1.82) is 0 Å². The lowest BCUT2D eigenvalue weighted by Crippen LogP contribution is -2.36. The summed E-state index contributed by atoms with van der Waals surface area (Å²) in [6.45, 7) is 5.88. The summed E-state index contributed by atoms with van der Waals surface area (Å²) in [6.07, 6.45) is 1.74. The van der Waals surface area contributed by atoms with Crippen LogP contribution in [0.25, 0.3) is 0 Å². The number of rotatable bonds is 6. The van der Waals surface area contributed by atoms with E-state index in [9.17, 15) is 4.79 Å². The van der Waals surface area contributed by atoms with E-state index in [2.05, 4.69) is 22.2 Å². The molecule has 1 aromatic heterocycles. The second-order valence-electron chi connectivity index (χ2n) is 6.60. The molecule has 2 heterocycles. The molecular weight excluding hydrogens is 344 g/mol. The highest BCUT2D eigenvalue weighted by Gasteiger charge is 2.25. The van der Waals surface area contributed by atoms with Crippen LogP contribution in [0.1, 0.15) is 40.7 Å². The SMILES string of the molecule is CCCNc1nc(C)cc(C(=O)N2CCc3cc(OC)c(OC)cc3C2)n1. The number of hydrogen-bond donors (Lipinski definition) is 1. The molecule has 0 saturated heterocycles. The second-order valence-corrected chi connectivity index (χ2v) is 6.60. The lowest BCUT2D eigenvalue weighted by Gasteiger charge is -2.29. The number of hydrogen-bond acceptors (Lipinski definition) is 6. The number of nitrogens with one attached hydrogen (secondary N) is 1. The molecule has 0 atom stereocenters. The molecule has 1 amide bonds. The number of carbonyl (C=O) groups excluding carboxylic acids is 1. The van der Waals surface area contributed by atoms with E-state index < -0.39 is 0 Å². The lowest BCUT2D eigenvalue weighted by molar-refractivity contribution is 0.0728. The molecule has 3 rings (SSSR count). The van der Waals surface area contributed by atoms with Gasteiger partial charge in [0.25, 0.3) is 5.91 Å². The molecule has 0 fully saturated rings. The van der Waals surface area contributed by atoms with Gasteiger partial charge in [-0.25, -0.2) is 9.97 Å². The summed E-state index contributed by atoms with van der Waals surface area (Å²) in [4.78, 5) is 23.6. The zero-order chi connectivity index (χ0) is 19.4. The van der Waals surface area contributed by atoms with Gasteiger partial charge >= 0.3 is 0 Å². The number of ether oxygens (including phenoxy) is 2. The van der Waals surface area contributed by atoms with Gasteiger partial charge in [0.1, 0.15) is 5.69 Å². The van der Waals surface area contributed by atoms with Crippen LogP contribution in [0.5, 0.6) is 11.5 Å². The first kappa shape index (κ1) is 18.9. The molecule has 0 unspecified atom stereocenters. The maximum Gasteiger partial charge on any atom is 0.272 e. The number of aromatic nitrogens is 2. The number of nitrogens with zero attached hydrogens (tertiary/aromatic N) is 3. The topological polar surface area (TPSA) is 76.6 Å². The van der Waals surface area contributed by atoms with E-state index in [0.717, 1.165) is 30.6 Å². The Balaban J connectivity index is 1.82. The Morgan fingerprint density at radius 1 is 1.15 bits per heavy atom. The third kappa shape index (κ3) is 4.13. The molecule has 0 radical (unpaired) electrons. The highest BCUT2D eigenvalue weighted by Crippen LogP contribution is 2.33. The van der Waals surface area contributed by atoms with Crippen LogP contribution in [-0.2, 0) is 13.0 Å². The van der Waals surface area contributed by atoms with Crippen molar-refractivity contribution < 1.29 is 14.3 Å². The molecule has 1 aliphatic rings. The summed E-state index contributed by atoms with van der Waals surface area (Å²) < 4.78 is 10.8. The van der Waals surface area contributed by atoms with Crippen LogP contribution >= 0.6 is 0 Å². The number of aryl methyl sites for hydroxylation is 1. The van der Waals surface area contributed by atoms with Crippen LogP contribution in [-0.4, -0.2) is 48.1 Å². The first-order chi connectivity index (χ1) is 13.0. The van der Waals surface area contributed by atoms with E-state index in [4.69, 9.17) is 9.47 Å². The van der Waals surface area contributed by atoms with Crippen LogP contribution < -0.4 is 14.8 Å². The summed E-state index contributed by atoms with van der Waals surface area (Å²) in [5.74, 6) is 1.81.